The SMILES string of the molecule is CCc1cc(CC(NC(=O)ON2CCC(N3Cc4ccccc4NC3=O)CC2)C(=O)N2CCC(N3CCCCC3)CC2)cc2[nH]c(=O)[nH]c12. The van der Waals surface area contributed by atoms with Crippen LogP contribution in [0.4, 0.5) is 15.3 Å². The summed E-state index contributed by atoms with van der Waals surface area (Å²) in [5.74, 6) is -0.121. The molecule has 13 heteroatoms. The van der Waals surface area contributed by atoms with Gasteiger partial charge >= 0.3 is 17.8 Å². The molecule has 2 aromatic carbocycles. The summed E-state index contributed by atoms with van der Waals surface area (Å²) in [7, 11) is 0. The van der Waals surface area contributed by atoms with Crippen molar-refractivity contribution < 1.29 is 19.2 Å². The van der Waals surface area contributed by atoms with Gasteiger partial charge in [-0.15, -0.1) is 5.06 Å². The maximum absolute atomic E-state index is 14.1. The molecule has 4 amide bonds. The summed E-state index contributed by atoms with van der Waals surface area (Å²) in [6, 6.07) is 11.3. The van der Waals surface area contributed by atoms with E-state index in [1.165, 1.54) is 19.3 Å². The van der Waals surface area contributed by atoms with Crippen LogP contribution >= 0.6 is 0 Å². The number of carbonyl (C=O) groups excluding carboxylic acids is 3. The molecule has 0 aliphatic carbocycles. The summed E-state index contributed by atoms with van der Waals surface area (Å²) in [6.07, 6.45) is 7.25. The number of nitrogens with zero attached hydrogens (tertiary/aromatic N) is 4. The second kappa shape index (κ2) is 14.6. The van der Waals surface area contributed by atoms with Gasteiger partial charge in [0, 0.05) is 56.9 Å². The van der Waals surface area contributed by atoms with Gasteiger partial charge in [0.1, 0.15) is 6.04 Å². The number of H-pyrrole nitrogens is 2. The zero-order chi connectivity index (χ0) is 33.9. The van der Waals surface area contributed by atoms with Gasteiger partial charge in [0.25, 0.3) is 0 Å². The lowest BCUT2D eigenvalue weighted by Crippen LogP contribution is -2.55. The lowest BCUT2D eigenvalue weighted by atomic mass is 9.97. The number of fused-ring (bicyclic) bond motifs is 2. The highest BCUT2D eigenvalue weighted by molar-refractivity contribution is 5.92. The summed E-state index contributed by atoms with van der Waals surface area (Å²) < 4.78 is 0. The molecule has 1 unspecified atom stereocenters. The van der Waals surface area contributed by atoms with Crippen molar-refractivity contribution in [3.05, 3.63) is 63.6 Å². The maximum Gasteiger partial charge on any atom is 0.426 e. The molecule has 0 saturated carbocycles. The predicted octanol–water partition coefficient (Wildman–Crippen LogP) is 3.96. The van der Waals surface area contributed by atoms with Crippen LogP contribution in [0.1, 0.15) is 68.6 Å². The first-order valence-corrected chi connectivity index (χ1v) is 18.0. The zero-order valence-electron chi connectivity index (χ0n) is 28.3. The first-order chi connectivity index (χ1) is 23.8. The van der Waals surface area contributed by atoms with Gasteiger partial charge in [0.15, 0.2) is 0 Å². The van der Waals surface area contributed by atoms with Crippen molar-refractivity contribution in [1.82, 2.24) is 35.0 Å². The number of hydrogen-bond acceptors (Lipinski definition) is 7. The molecule has 13 nitrogen and oxygen atoms in total. The highest BCUT2D eigenvalue weighted by Crippen LogP contribution is 2.28. The fourth-order valence-corrected chi connectivity index (χ4v) is 8.12. The number of hydroxylamine groups is 2. The molecule has 1 atom stereocenters. The maximum atomic E-state index is 14.1. The molecule has 0 spiro atoms. The molecule has 5 heterocycles. The number of nitrogens with one attached hydrogen (secondary N) is 4. The Hall–Kier alpha value is -4.36. The van der Waals surface area contributed by atoms with Crippen molar-refractivity contribution in [3.63, 3.8) is 0 Å². The van der Waals surface area contributed by atoms with Crippen LogP contribution in [0, 0.1) is 0 Å². The van der Waals surface area contributed by atoms with Gasteiger partial charge in [0.05, 0.1) is 11.0 Å². The average molecular weight is 673 g/mol. The van der Waals surface area contributed by atoms with E-state index in [0.29, 0.717) is 63.5 Å². The lowest BCUT2D eigenvalue weighted by molar-refractivity contribution is -0.137. The van der Waals surface area contributed by atoms with E-state index in [2.05, 4.69) is 25.5 Å². The molecule has 3 aromatic rings. The largest absolute Gasteiger partial charge is 0.426 e. The third-order valence-corrected chi connectivity index (χ3v) is 10.8. The van der Waals surface area contributed by atoms with Gasteiger partial charge in [-0.05, 0) is 86.9 Å². The fourth-order valence-electron chi connectivity index (χ4n) is 8.12. The van der Waals surface area contributed by atoms with E-state index in [9.17, 15) is 19.2 Å². The number of benzene rings is 2. The Balaban J connectivity index is 0.998. The number of aryl methyl sites for hydroxylation is 1. The first kappa shape index (κ1) is 33.2. The molecule has 262 valence electrons. The molecule has 4 aliphatic heterocycles. The van der Waals surface area contributed by atoms with Crippen LogP contribution in [0.2, 0.25) is 0 Å². The molecule has 1 aromatic heterocycles. The molecule has 7 rings (SSSR count). The van der Waals surface area contributed by atoms with Crippen molar-refractivity contribution in [3.8, 4) is 0 Å². The smallest absolute Gasteiger partial charge is 0.351 e. The van der Waals surface area contributed by atoms with Crippen molar-refractivity contribution in [2.45, 2.75) is 89.4 Å². The van der Waals surface area contributed by atoms with Crippen LogP contribution in [0.15, 0.2) is 41.2 Å². The zero-order valence-corrected chi connectivity index (χ0v) is 28.3. The second-order valence-electron chi connectivity index (χ2n) is 13.9. The lowest BCUT2D eigenvalue weighted by Gasteiger charge is -2.41. The fraction of sp³-hybridized carbons (Fsp3) is 0.556. The number of anilines is 1. The van der Waals surface area contributed by atoms with Crippen molar-refractivity contribution >= 4 is 34.8 Å². The van der Waals surface area contributed by atoms with Crippen LogP contribution < -0.4 is 16.3 Å². The number of para-hydroxylation sites is 1. The van der Waals surface area contributed by atoms with Crippen LogP contribution in [0.3, 0.4) is 0 Å². The van der Waals surface area contributed by atoms with Crippen LogP contribution in [-0.4, -0.2) is 105 Å². The molecule has 0 bridgehead atoms. The summed E-state index contributed by atoms with van der Waals surface area (Å²) in [6.45, 7) is 7.10. The Morgan fingerprint density at radius 2 is 1.65 bits per heavy atom. The van der Waals surface area contributed by atoms with E-state index in [1.807, 2.05) is 53.1 Å². The van der Waals surface area contributed by atoms with E-state index in [0.717, 1.165) is 53.8 Å². The van der Waals surface area contributed by atoms with E-state index in [4.69, 9.17) is 4.84 Å². The van der Waals surface area contributed by atoms with E-state index in [1.54, 1.807) is 5.06 Å². The highest BCUT2D eigenvalue weighted by Gasteiger charge is 2.35. The Kier molecular flexibility index (Phi) is 9.90. The average Bonchev–Trinajstić information content (AvgIpc) is 3.51. The number of aromatic amines is 2. The molecule has 4 aliphatic rings. The topological polar surface area (TPSA) is 146 Å². The van der Waals surface area contributed by atoms with E-state index in [-0.39, 0.29) is 30.1 Å². The van der Waals surface area contributed by atoms with Crippen molar-refractivity contribution in [2.75, 3.05) is 44.6 Å². The van der Waals surface area contributed by atoms with Crippen LogP contribution in [0.25, 0.3) is 11.0 Å². The van der Waals surface area contributed by atoms with Crippen molar-refractivity contribution in [1.29, 1.82) is 0 Å². The quantitative estimate of drug-likeness (QED) is 0.284. The van der Waals surface area contributed by atoms with Gasteiger partial charge < -0.3 is 40.1 Å². The Labute approximate surface area is 286 Å². The minimum absolute atomic E-state index is 0.0287. The Morgan fingerprint density at radius 1 is 0.918 bits per heavy atom. The molecule has 4 N–H and O–H groups in total. The van der Waals surface area contributed by atoms with Gasteiger partial charge in [-0.3, -0.25) is 4.79 Å². The number of imidazole rings is 1. The number of urea groups is 1. The number of amides is 4. The summed E-state index contributed by atoms with van der Waals surface area (Å²) in [5.41, 5.74) is 4.93. The minimum atomic E-state index is -0.832. The molecule has 0 radical (unpaired) electrons. The third-order valence-electron chi connectivity index (χ3n) is 10.8. The third kappa shape index (κ3) is 7.47. The summed E-state index contributed by atoms with van der Waals surface area (Å²) >= 11 is 0. The standard InChI is InChI=1S/C36H48N8O5/c1-2-25-20-24(21-30-32(25)40-34(46)37-30)22-31(33(45)42-16-10-27(11-17-42)41-14-6-3-7-15-41)39-36(48)49-43-18-12-28(13-19-43)44-23-26-8-4-5-9-29(26)38-35(44)47/h4-5,8-9,20-21,27-28,31H,2-3,6-7,10-19,22-23H2,1H3,(H,38,47)(H,39,48)(H2,37,40,46). The molecule has 3 saturated heterocycles. The van der Waals surface area contributed by atoms with Gasteiger partial charge in [-0.1, -0.05) is 37.6 Å². The Bertz CT molecular complexity index is 1720. The monoisotopic (exact) mass is 672 g/mol. The number of piperidine rings is 3. The number of hydrogen-bond donors (Lipinski definition) is 4. The normalized spacial score (nSPS) is 20.6. The number of aromatic nitrogens is 2. The number of likely N-dealkylation sites (tertiary alicyclic amines) is 2. The first-order valence-electron chi connectivity index (χ1n) is 18.0. The highest BCUT2D eigenvalue weighted by atomic mass is 16.7. The number of carbonyl (C=O) groups is 3. The molecule has 3 fully saturated rings. The minimum Gasteiger partial charge on any atom is -0.351 e. The van der Waals surface area contributed by atoms with Gasteiger partial charge in [-0.2, -0.15) is 0 Å². The van der Waals surface area contributed by atoms with Gasteiger partial charge in [-0.25, -0.2) is 14.4 Å². The Morgan fingerprint density at radius 3 is 2.41 bits per heavy atom. The van der Waals surface area contributed by atoms with Crippen LogP contribution in [0.5, 0.6) is 0 Å². The predicted molar refractivity (Wildman–Crippen MR) is 186 cm³/mol. The van der Waals surface area contributed by atoms with Gasteiger partial charge in [0.2, 0.25) is 5.91 Å². The molecular weight excluding hydrogens is 624 g/mol. The molecule has 49 heavy (non-hydrogen) atoms. The molecular formula is C36H48N8O5. The van der Waals surface area contributed by atoms with E-state index >= 15 is 0 Å². The second-order valence-corrected chi connectivity index (χ2v) is 13.9. The number of rotatable bonds is 8. The van der Waals surface area contributed by atoms with E-state index < -0.39 is 12.1 Å². The van der Waals surface area contributed by atoms with Crippen molar-refractivity contribution in [2.24, 2.45) is 0 Å². The summed E-state index contributed by atoms with van der Waals surface area (Å²) in [4.78, 5) is 70.2. The summed E-state index contributed by atoms with van der Waals surface area (Å²) in [5, 5.41) is 7.52. The van der Waals surface area contributed by atoms with Crippen LogP contribution in [-0.2, 0) is 29.0 Å².